The van der Waals surface area contributed by atoms with Crippen molar-refractivity contribution in [2.45, 2.75) is 25.2 Å². The monoisotopic (exact) mass is 183 g/mol. The molecule has 3 heteroatoms. The van der Waals surface area contributed by atoms with Gasteiger partial charge in [0.2, 0.25) is 0 Å². The first kappa shape index (κ1) is 10.5. The van der Waals surface area contributed by atoms with E-state index >= 15 is 0 Å². The fourth-order valence-corrected chi connectivity index (χ4v) is 1.50. The van der Waals surface area contributed by atoms with E-state index in [0.717, 1.165) is 19.4 Å². The smallest absolute Gasteiger partial charge is 0.157 e. The second-order valence-electron chi connectivity index (χ2n) is 3.19. The predicted molar refractivity (Wildman–Crippen MR) is 51.2 cm³/mol. The third-order valence-electron chi connectivity index (χ3n) is 2.25. The molecule has 0 aromatic heterocycles. The number of nitrogens with zero attached hydrogens (tertiary/aromatic N) is 1. The minimum Gasteiger partial charge on any atom is -0.365 e. The summed E-state index contributed by atoms with van der Waals surface area (Å²) in [4.78, 5) is 2.14. The first-order valence-electron chi connectivity index (χ1n) is 4.54. The first-order valence-corrected chi connectivity index (χ1v) is 4.54. The molecule has 2 unspecified atom stereocenters. The number of ether oxygens (including phenoxy) is 2. The van der Waals surface area contributed by atoms with E-state index in [-0.39, 0.29) is 12.3 Å². The number of rotatable bonds is 2. The SMILES string of the molecule is COC1C#CCCCN(C)C1OC. The molecule has 0 aliphatic carbocycles. The van der Waals surface area contributed by atoms with E-state index in [1.807, 2.05) is 7.05 Å². The summed E-state index contributed by atoms with van der Waals surface area (Å²) >= 11 is 0. The summed E-state index contributed by atoms with van der Waals surface area (Å²) < 4.78 is 10.6. The predicted octanol–water partition coefficient (Wildman–Crippen LogP) is 0.703. The fraction of sp³-hybridized carbons (Fsp3) is 0.800. The Kier molecular flexibility index (Phi) is 4.23. The maximum atomic E-state index is 5.34. The second-order valence-corrected chi connectivity index (χ2v) is 3.19. The Morgan fingerprint density at radius 2 is 2.08 bits per heavy atom. The van der Waals surface area contributed by atoms with Crippen LogP contribution in [0.2, 0.25) is 0 Å². The minimum atomic E-state index is -0.129. The maximum Gasteiger partial charge on any atom is 0.157 e. The molecule has 0 saturated carbocycles. The van der Waals surface area contributed by atoms with Crippen molar-refractivity contribution in [3.05, 3.63) is 0 Å². The summed E-state index contributed by atoms with van der Waals surface area (Å²) in [5, 5.41) is 0. The van der Waals surface area contributed by atoms with Gasteiger partial charge in [0.05, 0.1) is 0 Å². The Balaban J connectivity index is 2.72. The van der Waals surface area contributed by atoms with Crippen molar-refractivity contribution in [3.63, 3.8) is 0 Å². The molecule has 0 saturated heterocycles. The molecule has 0 spiro atoms. The van der Waals surface area contributed by atoms with Crippen LogP contribution in [-0.4, -0.2) is 45.0 Å². The number of methoxy groups -OCH3 is 2. The molecule has 0 N–H and O–H groups in total. The molecule has 13 heavy (non-hydrogen) atoms. The van der Waals surface area contributed by atoms with Crippen molar-refractivity contribution >= 4 is 0 Å². The summed E-state index contributed by atoms with van der Waals surface area (Å²) in [6, 6.07) is 0. The summed E-state index contributed by atoms with van der Waals surface area (Å²) in [5.74, 6) is 6.16. The van der Waals surface area contributed by atoms with Crippen LogP contribution in [0.15, 0.2) is 0 Å². The van der Waals surface area contributed by atoms with Gasteiger partial charge in [-0.2, -0.15) is 0 Å². The van der Waals surface area contributed by atoms with Gasteiger partial charge in [-0.05, 0) is 13.5 Å². The van der Waals surface area contributed by atoms with E-state index < -0.39 is 0 Å². The van der Waals surface area contributed by atoms with E-state index in [0.29, 0.717) is 0 Å². The van der Waals surface area contributed by atoms with E-state index in [4.69, 9.17) is 9.47 Å². The van der Waals surface area contributed by atoms with Gasteiger partial charge in [-0.25, -0.2) is 0 Å². The molecule has 0 fully saturated rings. The van der Waals surface area contributed by atoms with Gasteiger partial charge in [0.1, 0.15) is 6.23 Å². The van der Waals surface area contributed by atoms with Crippen LogP contribution in [0.3, 0.4) is 0 Å². The van der Waals surface area contributed by atoms with Gasteiger partial charge in [-0.15, -0.1) is 5.92 Å². The highest BCUT2D eigenvalue weighted by atomic mass is 16.5. The topological polar surface area (TPSA) is 21.7 Å². The van der Waals surface area contributed by atoms with Crippen molar-refractivity contribution in [3.8, 4) is 11.8 Å². The van der Waals surface area contributed by atoms with Crippen molar-refractivity contribution in [2.24, 2.45) is 0 Å². The quantitative estimate of drug-likeness (QED) is 0.588. The Morgan fingerprint density at radius 1 is 1.31 bits per heavy atom. The summed E-state index contributed by atoms with van der Waals surface area (Å²) in [5.41, 5.74) is 0. The van der Waals surface area contributed by atoms with E-state index in [1.165, 1.54) is 0 Å². The third-order valence-corrected chi connectivity index (χ3v) is 2.25. The molecule has 3 nitrogen and oxygen atoms in total. The van der Waals surface area contributed by atoms with Crippen LogP contribution in [0.5, 0.6) is 0 Å². The molecule has 0 radical (unpaired) electrons. The van der Waals surface area contributed by atoms with Crippen LogP contribution < -0.4 is 0 Å². The largest absolute Gasteiger partial charge is 0.365 e. The van der Waals surface area contributed by atoms with Gasteiger partial charge >= 0.3 is 0 Å². The Bertz CT molecular complexity index is 207. The molecule has 0 amide bonds. The lowest BCUT2D eigenvalue weighted by Crippen LogP contribution is -2.44. The molecule has 1 aliphatic rings. The van der Waals surface area contributed by atoms with Crippen molar-refractivity contribution in [2.75, 3.05) is 27.8 Å². The molecule has 2 atom stereocenters. The van der Waals surface area contributed by atoms with Crippen molar-refractivity contribution in [1.82, 2.24) is 4.90 Å². The summed E-state index contributed by atoms with van der Waals surface area (Å²) in [7, 11) is 5.39. The highest BCUT2D eigenvalue weighted by Gasteiger charge is 2.23. The van der Waals surface area contributed by atoms with Crippen LogP contribution in [0.4, 0.5) is 0 Å². The normalized spacial score (nSPS) is 30.1. The zero-order valence-electron chi connectivity index (χ0n) is 8.54. The number of hydrogen-bond donors (Lipinski definition) is 0. The van der Waals surface area contributed by atoms with Crippen LogP contribution in [0.25, 0.3) is 0 Å². The fourth-order valence-electron chi connectivity index (χ4n) is 1.50. The Hall–Kier alpha value is -0.560. The molecule has 1 heterocycles. The zero-order chi connectivity index (χ0) is 9.68. The lowest BCUT2D eigenvalue weighted by molar-refractivity contribution is -0.0896. The Labute approximate surface area is 80.0 Å². The second kappa shape index (κ2) is 5.23. The van der Waals surface area contributed by atoms with Crippen LogP contribution >= 0.6 is 0 Å². The highest BCUT2D eigenvalue weighted by molar-refractivity contribution is 5.08. The van der Waals surface area contributed by atoms with Gasteiger partial charge in [-0.3, -0.25) is 4.90 Å². The van der Waals surface area contributed by atoms with Gasteiger partial charge in [0.25, 0.3) is 0 Å². The molecule has 1 rings (SSSR count). The molecule has 0 bridgehead atoms. The van der Waals surface area contributed by atoms with E-state index in [1.54, 1.807) is 14.2 Å². The number of hydrogen-bond acceptors (Lipinski definition) is 3. The molecule has 0 aromatic carbocycles. The van der Waals surface area contributed by atoms with E-state index in [9.17, 15) is 0 Å². The van der Waals surface area contributed by atoms with Crippen LogP contribution in [-0.2, 0) is 9.47 Å². The van der Waals surface area contributed by atoms with Gasteiger partial charge in [0.15, 0.2) is 6.10 Å². The molecular weight excluding hydrogens is 166 g/mol. The lowest BCUT2D eigenvalue weighted by Gasteiger charge is -2.30. The van der Waals surface area contributed by atoms with Gasteiger partial charge in [0, 0.05) is 27.2 Å². The highest BCUT2D eigenvalue weighted by Crippen LogP contribution is 2.09. The lowest BCUT2D eigenvalue weighted by atomic mass is 10.2. The molecule has 1 aliphatic heterocycles. The standard InChI is InChI=1S/C10H17NO2/c1-11-8-6-4-5-7-9(12-2)10(11)13-3/h9-10H,4,6,8H2,1-3H3. The average molecular weight is 183 g/mol. The van der Waals surface area contributed by atoms with Crippen molar-refractivity contribution in [1.29, 1.82) is 0 Å². The minimum absolute atomic E-state index is 0.0437. The van der Waals surface area contributed by atoms with Crippen LogP contribution in [0, 0.1) is 11.8 Å². The maximum absolute atomic E-state index is 5.34. The zero-order valence-corrected chi connectivity index (χ0v) is 8.54. The average Bonchev–Trinajstić information content (AvgIpc) is 2.12. The van der Waals surface area contributed by atoms with Crippen LogP contribution in [0.1, 0.15) is 12.8 Å². The molecular formula is C10H17NO2. The van der Waals surface area contributed by atoms with Gasteiger partial charge in [-0.1, -0.05) is 5.92 Å². The molecule has 74 valence electrons. The summed E-state index contributed by atoms with van der Waals surface area (Å²) in [6.45, 7) is 1.01. The van der Waals surface area contributed by atoms with Crippen molar-refractivity contribution < 1.29 is 9.47 Å². The Morgan fingerprint density at radius 3 is 2.69 bits per heavy atom. The number of likely N-dealkylation sites (N-methyl/N-ethyl adjacent to an activating group) is 1. The van der Waals surface area contributed by atoms with Gasteiger partial charge < -0.3 is 9.47 Å². The summed E-state index contributed by atoms with van der Waals surface area (Å²) in [6.07, 6.45) is 1.87. The molecule has 0 aromatic rings. The van der Waals surface area contributed by atoms with E-state index in [2.05, 4.69) is 16.7 Å². The first-order chi connectivity index (χ1) is 6.29. The third kappa shape index (κ3) is 2.70.